The zero-order valence-corrected chi connectivity index (χ0v) is 23.4. The molecule has 0 radical (unpaired) electrons. The van der Waals surface area contributed by atoms with Crippen molar-refractivity contribution in [3.63, 3.8) is 0 Å². The molecule has 3 N–H and O–H groups in total. The van der Waals surface area contributed by atoms with Gasteiger partial charge in [0.15, 0.2) is 5.82 Å². The Morgan fingerprint density at radius 1 is 1.20 bits per heavy atom. The third kappa shape index (κ3) is 5.61. The first-order valence-corrected chi connectivity index (χ1v) is 13.9. The highest BCUT2D eigenvalue weighted by Gasteiger charge is 2.39. The van der Waals surface area contributed by atoms with E-state index in [0.717, 1.165) is 53.9 Å². The monoisotopic (exact) mass is 557 g/mol. The predicted molar refractivity (Wildman–Crippen MR) is 155 cm³/mol. The quantitative estimate of drug-likeness (QED) is 0.332. The minimum absolute atomic E-state index is 0.210. The third-order valence-electron chi connectivity index (χ3n) is 7.99. The van der Waals surface area contributed by atoms with Gasteiger partial charge in [-0.05, 0) is 31.4 Å². The van der Waals surface area contributed by atoms with Crippen LogP contribution in [0.4, 0.5) is 16.3 Å². The maximum atomic E-state index is 11.5. The number of nitrogens with two attached hydrogens (primary N) is 1. The number of ether oxygens (including phenoxy) is 3. The van der Waals surface area contributed by atoms with Crippen molar-refractivity contribution in [2.75, 3.05) is 43.6 Å². The Hall–Kier alpha value is -4.06. The number of carbonyl (C=O) groups is 1. The molecule has 11 heteroatoms. The second-order valence-corrected chi connectivity index (χ2v) is 10.6. The van der Waals surface area contributed by atoms with E-state index >= 15 is 0 Å². The second-order valence-electron chi connectivity index (χ2n) is 10.6. The highest BCUT2D eigenvalue weighted by atomic mass is 16.5. The number of primary amides is 1. The lowest BCUT2D eigenvalue weighted by atomic mass is 9.97. The lowest BCUT2D eigenvalue weighted by molar-refractivity contribution is -0.0246. The summed E-state index contributed by atoms with van der Waals surface area (Å²) in [6.07, 6.45) is 4.46. The van der Waals surface area contributed by atoms with E-state index < -0.39 is 11.6 Å². The number of aromatic nitrogens is 4. The van der Waals surface area contributed by atoms with Gasteiger partial charge in [-0.1, -0.05) is 30.3 Å². The van der Waals surface area contributed by atoms with E-state index in [-0.39, 0.29) is 6.10 Å². The van der Waals surface area contributed by atoms with Crippen LogP contribution in [0.1, 0.15) is 36.2 Å². The van der Waals surface area contributed by atoms with Crippen LogP contribution in [0, 0.1) is 6.92 Å². The Bertz CT molecular complexity index is 1530. The fraction of sp³-hybridized carbons (Fsp3) is 0.400. The fourth-order valence-electron chi connectivity index (χ4n) is 5.63. The predicted octanol–water partition coefficient (Wildman–Crippen LogP) is 4.06. The van der Waals surface area contributed by atoms with Gasteiger partial charge in [0, 0.05) is 62.6 Å². The third-order valence-corrected chi connectivity index (χ3v) is 7.99. The van der Waals surface area contributed by atoms with Crippen LogP contribution in [0.15, 0.2) is 54.7 Å². The first-order chi connectivity index (χ1) is 19.9. The molecule has 5 heterocycles. The van der Waals surface area contributed by atoms with Crippen molar-refractivity contribution in [1.29, 1.82) is 0 Å². The minimum atomic E-state index is -0.679. The summed E-state index contributed by atoms with van der Waals surface area (Å²) in [5.41, 5.74) is 9.30. The lowest BCUT2D eigenvalue weighted by Crippen LogP contribution is -2.38. The number of anilines is 2. The number of methoxy groups -OCH3 is 1. The number of nitrogens with zero attached hydrogens (tertiary/aromatic N) is 5. The molecule has 3 aromatic heterocycles. The van der Waals surface area contributed by atoms with Crippen molar-refractivity contribution in [3.8, 4) is 5.82 Å². The Kier molecular flexibility index (Phi) is 7.57. The number of fused-ring (bicyclic) bond motifs is 1. The van der Waals surface area contributed by atoms with Gasteiger partial charge in [-0.2, -0.15) is 5.10 Å². The van der Waals surface area contributed by atoms with E-state index in [1.807, 2.05) is 25.1 Å². The average Bonchev–Trinajstić information content (AvgIpc) is 3.62. The van der Waals surface area contributed by atoms with Gasteiger partial charge < -0.3 is 24.8 Å². The number of nitrogens with one attached hydrogen (secondary N) is 1. The van der Waals surface area contributed by atoms with Crippen molar-refractivity contribution in [3.05, 3.63) is 71.7 Å². The van der Waals surface area contributed by atoms with E-state index in [4.69, 9.17) is 30.0 Å². The fourth-order valence-corrected chi connectivity index (χ4v) is 5.63. The van der Waals surface area contributed by atoms with Gasteiger partial charge >= 0.3 is 6.03 Å². The van der Waals surface area contributed by atoms with Crippen molar-refractivity contribution in [2.24, 2.45) is 5.73 Å². The van der Waals surface area contributed by atoms with Gasteiger partial charge in [0.25, 0.3) is 0 Å². The molecule has 2 aliphatic rings. The second kappa shape index (κ2) is 11.4. The first kappa shape index (κ1) is 27.1. The van der Waals surface area contributed by atoms with Gasteiger partial charge in [-0.3, -0.25) is 5.32 Å². The molecule has 6 rings (SSSR count). The summed E-state index contributed by atoms with van der Waals surface area (Å²) >= 11 is 0. The Morgan fingerprint density at radius 2 is 2.00 bits per heavy atom. The van der Waals surface area contributed by atoms with Crippen LogP contribution < -0.4 is 16.0 Å². The van der Waals surface area contributed by atoms with E-state index in [1.165, 1.54) is 5.56 Å². The van der Waals surface area contributed by atoms with Crippen LogP contribution >= 0.6 is 0 Å². The number of rotatable bonds is 8. The standard InChI is InChI=1S/C30H35N7O4/c1-20-24-17-32-27(34-29(31)38)16-25(24)37(35-20)28-15-22(14-26(33-28)30(39-2)10-13-40-19-30)36-11-8-23(9-12-36)41-18-21-6-4-3-5-7-21/h3-7,14-17,23H,8-13,18-19H2,1-2H3,(H3,31,32,34,38). The number of piperidine rings is 1. The van der Waals surface area contributed by atoms with Crippen molar-refractivity contribution >= 4 is 28.4 Å². The molecular weight excluding hydrogens is 522 g/mol. The van der Waals surface area contributed by atoms with Crippen molar-refractivity contribution < 1.29 is 19.0 Å². The van der Waals surface area contributed by atoms with Crippen LogP contribution in [0.3, 0.4) is 0 Å². The molecule has 1 unspecified atom stereocenters. The van der Waals surface area contributed by atoms with Crippen LogP contribution in [0.25, 0.3) is 16.7 Å². The molecule has 2 amide bonds. The molecule has 1 aromatic carbocycles. The number of aryl methyl sites for hydroxylation is 1. The summed E-state index contributed by atoms with van der Waals surface area (Å²) in [4.78, 5) is 23.2. The molecule has 4 aromatic rings. The van der Waals surface area contributed by atoms with E-state index in [2.05, 4.69) is 39.5 Å². The maximum Gasteiger partial charge on any atom is 0.317 e. The van der Waals surface area contributed by atoms with Crippen molar-refractivity contribution in [2.45, 2.75) is 44.5 Å². The molecule has 0 bridgehead atoms. The molecule has 2 saturated heterocycles. The molecule has 11 nitrogen and oxygen atoms in total. The maximum absolute atomic E-state index is 11.5. The highest BCUT2D eigenvalue weighted by Crippen LogP contribution is 2.36. The number of urea groups is 1. The van der Waals surface area contributed by atoms with Gasteiger partial charge in [0.1, 0.15) is 11.4 Å². The molecule has 214 valence electrons. The summed E-state index contributed by atoms with van der Waals surface area (Å²) < 4.78 is 19.8. The molecule has 0 spiro atoms. The minimum Gasteiger partial charge on any atom is -0.378 e. The number of pyridine rings is 2. The Labute approximate surface area is 238 Å². The number of amides is 2. The summed E-state index contributed by atoms with van der Waals surface area (Å²) in [5, 5.41) is 8.22. The Balaban J connectivity index is 1.32. The largest absolute Gasteiger partial charge is 0.378 e. The molecule has 0 aliphatic carbocycles. The molecule has 0 saturated carbocycles. The van der Waals surface area contributed by atoms with Crippen LogP contribution in [-0.2, 0) is 26.4 Å². The van der Waals surface area contributed by atoms with E-state index in [1.54, 1.807) is 24.1 Å². The SMILES string of the molecule is COC1(c2cc(N3CCC(OCc4ccccc4)CC3)cc(-n3nc(C)c4cnc(NC(N)=O)cc43)n2)CCOC1. The van der Waals surface area contributed by atoms with Crippen LogP contribution in [0.5, 0.6) is 0 Å². The molecule has 2 aliphatic heterocycles. The summed E-state index contributed by atoms with van der Waals surface area (Å²) in [5.74, 6) is 0.996. The van der Waals surface area contributed by atoms with Gasteiger partial charge in [-0.15, -0.1) is 0 Å². The normalized spacial score (nSPS) is 19.6. The highest BCUT2D eigenvalue weighted by molar-refractivity contribution is 5.91. The number of hydrogen-bond donors (Lipinski definition) is 2. The lowest BCUT2D eigenvalue weighted by Gasteiger charge is -2.35. The molecule has 1 atom stereocenters. The smallest absolute Gasteiger partial charge is 0.317 e. The molecule has 2 fully saturated rings. The first-order valence-electron chi connectivity index (χ1n) is 13.9. The van der Waals surface area contributed by atoms with E-state index in [0.29, 0.717) is 37.9 Å². The van der Waals surface area contributed by atoms with Crippen LogP contribution in [0.2, 0.25) is 0 Å². The molecular formula is C30H35N7O4. The Morgan fingerprint density at radius 3 is 2.71 bits per heavy atom. The summed E-state index contributed by atoms with van der Waals surface area (Å²) in [6.45, 7) is 5.30. The number of benzene rings is 1. The molecule has 41 heavy (non-hydrogen) atoms. The topological polar surface area (TPSA) is 130 Å². The summed E-state index contributed by atoms with van der Waals surface area (Å²) in [6, 6.07) is 15.5. The van der Waals surface area contributed by atoms with Crippen molar-refractivity contribution in [1.82, 2.24) is 19.7 Å². The van der Waals surface area contributed by atoms with Gasteiger partial charge in [-0.25, -0.2) is 19.4 Å². The number of carbonyl (C=O) groups excluding carboxylic acids is 1. The number of hydrogen-bond acceptors (Lipinski definition) is 8. The zero-order valence-electron chi connectivity index (χ0n) is 23.4. The zero-order chi connectivity index (χ0) is 28.4. The van der Waals surface area contributed by atoms with E-state index in [9.17, 15) is 4.79 Å². The average molecular weight is 558 g/mol. The summed E-state index contributed by atoms with van der Waals surface area (Å²) in [7, 11) is 1.71. The van der Waals surface area contributed by atoms with Gasteiger partial charge in [0.2, 0.25) is 0 Å². The van der Waals surface area contributed by atoms with Crippen LogP contribution in [-0.4, -0.2) is 65.3 Å². The van der Waals surface area contributed by atoms with Gasteiger partial charge in [0.05, 0.1) is 36.2 Å².